The largest absolute Gasteiger partial charge is 0.462 e. The number of anilines is 2. The molecule has 1 unspecified atom stereocenters. The van der Waals surface area contributed by atoms with Crippen LogP contribution in [0.15, 0.2) is 29.2 Å². The number of rotatable bonds is 5. The highest BCUT2D eigenvalue weighted by Crippen LogP contribution is 2.40. The minimum absolute atomic E-state index is 0.0356. The first-order chi connectivity index (χ1) is 15.2. The lowest BCUT2D eigenvalue weighted by Crippen LogP contribution is -2.38. The van der Waals surface area contributed by atoms with Gasteiger partial charge in [-0.2, -0.15) is 0 Å². The Labute approximate surface area is 190 Å². The van der Waals surface area contributed by atoms with E-state index in [1.54, 1.807) is 19.1 Å². The van der Waals surface area contributed by atoms with Crippen LogP contribution in [-0.2, 0) is 37.0 Å². The third kappa shape index (κ3) is 3.93. The minimum atomic E-state index is -3.69. The summed E-state index contributed by atoms with van der Waals surface area (Å²) in [5.41, 5.74) is 1.49. The van der Waals surface area contributed by atoms with E-state index in [1.807, 2.05) is 0 Å². The first-order valence-corrected chi connectivity index (χ1v) is 12.8. The number of hydrogen-bond donors (Lipinski definition) is 1. The molecule has 32 heavy (non-hydrogen) atoms. The van der Waals surface area contributed by atoms with Crippen molar-refractivity contribution in [3.63, 3.8) is 0 Å². The fourth-order valence-corrected chi connectivity index (χ4v) is 6.96. The number of esters is 1. The van der Waals surface area contributed by atoms with Gasteiger partial charge in [0.25, 0.3) is 0 Å². The van der Waals surface area contributed by atoms with E-state index in [0.717, 1.165) is 29.7 Å². The number of para-hydroxylation sites is 1. The van der Waals surface area contributed by atoms with Crippen LogP contribution in [0.5, 0.6) is 0 Å². The van der Waals surface area contributed by atoms with Gasteiger partial charge < -0.3 is 15.0 Å². The lowest BCUT2D eigenvalue weighted by atomic mass is 10.1. The molecular weight excluding hydrogens is 452 g/mol. The van der Waals surface area contributed by atoms with Gasteiger partial charge in [0.1, 0.15) is 11.5 Å². The van der Waals surface area contributed by atoms with Crippen LogP contribution in [0, 0.1) is 0 Å². The molecule has 0 fully saturated rings. The number of ether oxygens (including phenoxy) is 1. The molecule has 0 radical (unpaired) electrons. The number of carbonyl (C=O) groups is 3. The maximum absolute atomic E-state index is 13.0. The molecule has 170 valence electrons. The lowest BCUT2D eigenvalue weighted by molar-refractivity contribution is -0.121. The molecule has 1 atom stereocenters. The number of nitrogens with zero attached hydrogens (tertiary/aromatic N) is 1. The summed E-state index contributed by atoms with van der Waals surface area (Å²) in [6, 6.07) is 6.20. The Hall–Kier alpha value is -2.72. The van der Waals surface area contributed by atoms with Crippen LogP contribution in [0.25, 0.3) is 0 Å². The van der Waals surface area contributed by atoms with Crippen molar-refractivity contribution in [2.24, 2.45) is 0 Å². The van der Waals surface area contributed by atoms with Gasteiger partial charge in [0.15, 0.2) is 9.84 Å². The van der Waals surface area contributed by atoms with Crippen molar-refractivity contribution >= 4 is 49.6 Å². The zero-order chi connectivity index (χ0) is 23.0. The predicted molar refractivity (Wildman–Crippen MR) is 121 cm³/mol. The molecule has 2 amide bonds. The van der Waals surface area contributed by atoms with E-state index in [-0.39, 0.29) is 30.2 Å². The number of amides is 2. The highest BCUT2D eigenvalue weighted by molar-refractivity contribution is 7.92. The molecule has 1 aromatic carbocycles. The van der Waals surface area contributed by atoms with Gasteiger partial charge in [-0.05, 0) is 50.8 Å². The van der Waals surface area contributed by atoms with Crippen molar-refractivity contribution in [2.45, 2.75) is 49.7 Å². The summed E-state index contributed by atoms with van der Waals surface area (Å²) in [6.07, 6.45) is 2.33. The van der Waals surface area contributed by atoms with Gasteiger partial charge in [0.2, 0.25) is 11.8 Å². The van der Waals surface area contributed by atoms with Crippen LogP contribution < -0.4 is 10.2 Å². The summed E-state index contributed by atoms with van der Waals surface area (Å²) in [7, 11) is -3.69. The molecule has 2 heterocycles. The number of aryl methyl sites for hydroxylation is 1. The summed E-state index contributed by atoms with van der Waals surface area (Å²) in [5.74, 6) is -1.43. The number of benzene rings is 1. The number of sulfone groups is 1. The third-order valence-corrected chi connectivity index (χ3v) is 9.10. The molecule has 8 nitrogen and oxygen atoms in total. The van der Waals surface area contributed by atoms with Gasteiger partial charge in [0, 0.05) is 11.3 Å². The first-order valence-electron chi connectivity index (χ1n) is 10.5. The molecule has 0 saturated heterocycles. The van der Waals surface area contributed by atoms with E-state index in [2.05, 4.69) is 5.32 Å². The number of hydrogen-bond acceptors (Lipinski definition) is 7. The number of thiophene rings is 1. The topological polar surface area (TPSA) is 110 Å². The molecule has 0 spiro atoms. The van der Waals surface area contributed by atoms with Crippen molar-refractivity contribution in [3.8, 4) is 0 Å². The third-order valence-electron chi connectivity index (χ3n) is 5.71. The Balaban J connectivity index is 1.63. The first kappa shape index (κ1) is 22.5. The van der Waals surface area contributed by atoms with Crippen molar-refractivity contribution < 1.29 is 27.5 Å². The van der Waals surface area contributed by atoms with Crippen molar-refractivity contribution in [1.29, 1.82) is 0 Å². The molecule has 10 heteroatoms. The van der Waals surface area contributed by atoms with Gasteiger partial charge in [-0.15, -0.1) is 11.3 Å². The average Bonchev–Trinajstić information content (AvgIpc) is 3.30. The van der Waals surface area contributed by atoms with E-state index in [1.165, 1.54) is 35.3 Å². The van der Waals surface area contributed by atoms with Crippen molar-refractivity contribution in [2.75, 3.05) is 23.4 Å². The number of nitrogens with one attached hydrogen (secondary N) is 1. The second-order valence-corrected chi connectivity index (χ2v) is 11.3. The molecule has 0 saturated carbocycles. The van der Waals surface area contributed by atoms with Gasteiger partial charge in [-0.3, -0.25) is 9.59 Å². The predicted octanol–water partition coefficient (Wildman–Crippen LogP) is 2.95. The molecule has 2 aliphatic rings. The van der Waals surface area contributed by atoms with Crippen LogP contribution in [-0.4, -0.2) is 44.6 Å². The second-order valence-electron chi connectivity index (χ2n) is 7.84. The molecule has 2 aromatic rings. The molecule has 1 aliphatic heterocycles. The van der Waals surface area contributed by atoms with Gasteiger partial charge >= 0.3 is 5.97 Å². The van der Waals surface area contributed by atoms with E-state index in [0.29, 0.717) is 10.6 Å². The van der Waals surface area contributed by atoms with Gasteiger partial charge in [0.05, 0.1) is 28.0 Å². The van der Waals surface area contributed by atoms with E-state index >= 15 is 0 Å². The summed E-state index contributed by atoms with van der Waals surface area (Å²) >= 11 is 1.35. The quantitative estimate of drug-likeness (QED) is 0.665. The molecule has 1 N–H and O–H groups in total. The highest BCUT2D eigenvalue weighted by atomic mass is 32.2. The standard InChI is InChI=1S/C22H24N2O6S2/c1-3-30-22(27)20-14-7-6-9-16(14)31-21(20)23-18(25)12-24-15-8-4-5-10-17(15)32(28,29)13(2)11-19(24)26/h4-5,8,10,13H,3,6-7,9,11-12H2,1-2H3,(H,23,25). The highest BCUT2D eigenvalue weighted by Gasteiger charge is 2.37. The Morgan fingerprint density at radius 2 is 2.00 bits per heavy atom. The number of fused-ring (bicyclic) bond motifs is 2. The average molecular weight is 477 g/mol. The second kappa shape index (κ2) is 8.67. The fourth-order valence-electron chi connectivity index (χ4n) is 4.13. The van der Waals surface area contributed by atoms with E-state index in [4.69, 9.17) is 4.74 Å². The molecule has 0 bridgehead atoms. The monoisotopic (exact) mass is 476 g/mol. The molecule has 4 rings (SSSR count). The number of carbonyl (C=O) groups excluding carboxylic acids is 3. The fraction of sp³-hybridized carbons (Fsp3) is 0.409. The minimum Gasteiger partial charge on any atom is -0.462 e. The van der Waals surface area contributed by atoms with Crippen LogP contribution in [0.3, 0.4) is 0 Å². The molecule has 1 aromatic heterocycles. The Morgan fingerprint density at radius 1 is 1.25 bits per heavy atom. The summed E-state index contributed by atoms with van der Waals surface area (Å²) in [6.45, 7) is 3.08. The zero-order valence-electron chi connectivity index (χ0n) is 17.8. The summed E-state index contributed by atoms with van der Waals surface area (Å²) in [4.78, 5) is 40.6. The van der Waals surface area contributed by atoms with Gasteiger partial charge in [-0.25, -0.2) is 13.2 Å². The smallest absolute Gasteiger partial charge is 0.341 e. The molecule has 1 aliphatic carbocycles. The van der Waals surface area contributed by atoms with Crippen LogP contribution in [0.2, 0.25) is 0 Å². The molecular formula is C22H24N2O6S2. The Bertz CT molecular complexity index is 1200. The van der Waals surface area contributed by atoms with Crippen LogP contribution in [0.4, 0.5) is 10.7 Å². The maximum atomic E-state index is 13.0. The summed E-state index contributed by atoms with van der Waals surface area (Å²) in [5, 5.41) is 2.29. The SMILES string of the molecule is CCOC(=O)c1c(NC(=O)CN2C(=O)CC(C)S(=O)(=O)c3ccccc32)sc2c1CCC2. The Kier molecular flexibility index (Phi) is 6.09. The van der Waals surface area contributed by atoms with Gasteiger partial charge in [-0.1, -0.05) is 12.1 Å². The van der Waals surface area contributed by atoms with Crippen molar-refractivity contribution in [1.82, 2.24) is 0 Å². The Morgan fingerprint density at radius 3 is 2.75 bits per heavy atom. The summed E-state index contributed by atoms with van der Waals surface area (Å²) < 4.78 is 30.8. The van der Waals surface area contributed by atoms with E-state index < -0.39 is 32.9 Å². The van der Waals surface area contributed by atoms with E-state index in [9.17, 15) is 22.8 Å². The normalized spacial score (nSPS) is 19.1. The maximum Gasteiger partial charge on any atom is 0.341 e. The van der Waals surface area contributed by atoms with Crippen molar-refractivity contribution in [3.05, 3.63) is 40.3 Å². The zero-order valence-corrected chi connectivity index (χ0v) is 19.5. The van der Waals surface area contributed by atoms with Crippen LogP contribution >= 0.6 is 11.3 Å². The lowest BCUT2D eigenvalue weighted by Gasteiger charge is -2.21. The van der Waals surface area contributed by atoms with Crippen LogP contribution in [0.1, 0.15) is 47.5 Å².